The van der Waals surface area contributed by atoms with Crippen LogP contribution >= 0.6 is 118 Å². The Bertz CT molecular complexity index is 3000. The van der Waals surface area contributed by atoms with E-state index < -0.39 is 0 Å². The highest BCUT2D eigenvalue weighted by Gasteiger charge is 2.38. The molecular weight excluding hydrogens is 1020 g/mol. The van der Waals surface area contributed by atoms with E-state index in [0.29, 0.717) is 10.0 Å². The van der Waals surface area contributed by atoms with Gasteiger partial charge in [0.2, 0.25) is 0 Å². The summed E-state index contributed by atoms with van der Waals surface area (Å²) in [6.45, 7) is 0. The zero-order valence-electron chi connectivity index (χ0n) is 35.1. The number of thioether (sulfide) groups is 2. The second-order valence-electron chi connectivity index (χ2n) is 15.3. The lowest BCUT2D eigenvalue weighted by molar-refractivity contribution is 0.414. The van der Waals surface area contributed by atoms with Crippen molar-refractivity contribution >= 4 is 150 Å². The molecule has 0 radical (unpaired) electrons. The number of nitrogens with zero attached hydrogens (tertiary/aromatic N) is 4. The largest absolute Gasteiger partial charge is 0.497 e. The maximum Gasteiger partial charge on any atom is 0.167 e. The van der Waals surface area contributed by atoms with Gasteiger partial charge in [-0.15, -0.1) is 22.7 Å². The Balaban J connectivity index is 0.930. The van der Waals surface area contributed by atoms with E-state index in [0.717, 1.165) is 96.2 Å². The van der Waals surface area contributed by atoms with Crippen LogP contribution in [-0.4, -0.2) is 32.0 Å². The molecule has 2 aromatic heterocycles. The van der Waals surface area contributed by atoms with Crippen molar-refractivity contribution in [3.05, 3.63) is 196 Å². The molecule has 0 fully saturated rings. The van der Waals surface area contributed by atoms with Crippen LogP contribution in [0.4, 0.5) is 23.0 Å². The first-order valence-corrected chi connectivity index (χ1v) is 26.4. The number of rotatable bonds is 11. The minimum Gasteiger partial charge on any atom is -0.497 e. The molecule has 2 atom stereocenters. The molecule has 0 saturated heterocycles. The minimum absolute atomic E-state index is 0.0331. The van der Waals surface area contributed by atoms with Crippen LogP contribution < -0.4 is 19.3 Å². The van der Waals surface area contributed by atoms with Crippen LogP contribution in [0.3, 0.4) is 0 Å². The summed E-state index contributed by atoms with van der Waals surface area (Å²) in [5, 5.41) is 1.32. The highest BCUT2D eigenvalue weighted by Crippen LogP contribution is 2.54. The van der Waals surface area contributed by atoms with Crippen molar-refractivity contribution in [2.24, 2.45) is 0 Å². The Morgan fingerprint density at radius 1 is 0.455 bits per heavy atom. The Morgan fingerprint density at radius 3 is 1.12 bits per heavy atom. The molecular formula is C50H36Cl2N4O2S8. The Kier molecular flexibility index (Phi) is 13.3. The van der Waals surface area contributed by atoms with E-state index in [9.17, 15) is 0 Å². The van der Waals surface area contributed by atoms with Crippen molar-refractivity contribution in [1.82, 2.24) is 9.13 Å². The summed E-state index contributed by atoms with van der Waals surface area (Å²) in [7, 11) is 3.34. The molecule has 330 valence electrons. The van der Waals surface area contributed by atoms with E-state index in [2.05, 4.69) is 91.7 Å². The van der Waals surface area contributed by atoms with Crippen molar-refractivity contribution in [2.75, 3.05) is 24.0 Å². The number of fused-ring (bicyclic) bond motifs is 2. The monoisotopic (exact) mass is 1050 g/mol. The average Bonchev–Trinajstić information content (AvgIpc) is 3.87. The molecule has 8 aromatic rings. The summed E-state index contributed by atoms with van der Waals surface area (Å²) >= 11 is 43.8. The average molecular weight is 1050 g/mol. The lowest BCUT2D eigenvalue weighted by atomic mass is 10.0. The van der Waals surface area contributed by atoms with Gasteiger partial charge in [0.05, 0.1) is 34.5 Å². The topological polar surface area (TPSA) is 34.8 Å². The third kappa shape index (κ3) is 8.82. The van der Waals surface area contributed by atoms with E-state index in [-0.39, 0.29) is 10.5 Å². The lowest BCUT2D eigenvalue weighted by Gasteiger charge is -2.34. The number of hydrogen-bond donors (Lipinski definition) is 0. The molecule has 16 heteroatoms. The zero-order chi connectivity index (χ0) is 45.6. The normalized spacial score (nSPS) is 15.7. The predicted octanol–water partition coefficient (Wildman–Crippen LogP) is 16.5. The van der Waals surface area contributed by atoms with Crippen LogP contribution in [0.25, 0.3) is 11.4 Å². The van der Waals surface area contributed by atoms with Gasteiger partial charge in [0.25, 0.3) is 0 Å². The fourth-order valence-corrected chi connectivity index (χ4v) is 14.8. The quantitative estimate of drug-likeness (QED) is 0.117. The molecule has 0 bridgehead atoms. The number of anilines is 4. The van der Waals surface area contributed by atoms with E-state index in [1.54, 1.807) is 60.4 Å². The zero-order valence-corrected chi connectivity index (χ0v) is 43.1. The van der Waals surface area contributed by atoms with Gasteiger partial charge in [-0.25, -0.2) is 0 Å². The first kappa shape index (κ1) is 45.5. The Morgan fingerprint density at radius 2 is 0.788 bits per heavy atom. The predicted molar refractivity (Wildman–Crippen MR) is 294 cm³/mol. The van der Waals surface area contributed by atoms with E-state index in [4.69, 9.17) is 81.5 Å². The van der Waals surface area contributed by atoms with Crippen LogP contribution in [0.5, 0.6) is 11.5 Å². The van der Waals surface area contributed by atoms with Gasteiger partial charge in [-0.3, -0.25) is 18.9 Å². The van der Waals surface area contributed by atoms with Gasteiger partial charge in [0.1, 0.15) is 31.8 Å². The number of ether oxygens (including phenoxy) is 2. The summed E-state index contributed by atoms with van der Waals surface area (Å²) < 4.78 is 18.2. The molecule has 0 N–H and O–H groups in total. The fourth-order valence-electron chi connectivity index (χ4n) is 8.11. The summed E-state index contributed by atoms with van der Waals surface area (Å²) in [6, 6.07) is 49.4. The first-order chi connectivity index (χ1) is 32.1. The standard InChI is InChI=1S/C50H36Cl2N4O2S8/c1-57-39-25-21-37(22-26-39)55-45-43(41(63-47(55)59)31-9-13-33(51)14-10-31)65-49(61)53(45)35-17-5-29(6-18-35)3-4-30-7-19-36(20-8-30)54-46-44(66-50(54)62)42(32-11-15-34(52)16-12-32)64-48(60)56(46)38-23-27-40(58-2)28-24-38/h5-28,41-42H,3-4H2,1-2H3/t41-,42-/m1/s1. The molecule has 6 nitrogen and oxygen atoms in total. The number of hydrogen-bond acceptors (Lipinski definition) is 10. The molecule has 0 saturated carbocycles. The van der Waals surface area contributed by atoms with Crippen LogP contribution in [0.15, 0.2) is 146 Å². The van der Waals surface area contributed by atoms with Crippen molar-refractivity contribution in [3.63, 3.8) is 0 Å². The number of benzene rings is 6. The van der Waals surface area contributed by atoms with Crippen molar-refractivity contribution in [2.45, 2.75) is 23.3 Å². The highest BCUT2D eigenvalue weighted by molar-refractivity contribution is 8.24. The Labute approximate surface area is 430 Å². The van der Waals surface area contributed by atoms with Crippen LogP contribution in [-0.2, 0) is 12.8 Å². The van der Waals surface area contributed by atoms with E-state index >= 15 is 0 Å². The van der Waals surface area contributed by atoms with Gasteiger partial charge in [0, 0.05) is 32.8 Å². The maximum absolute atomic E-state index is 6.31. The second kappa shape index (κ2) is 19.4. The van der Waals surface area contributed by atoms with Gasteiger partial charge >= 0.3 is 0 Å². The van der Waals surface area contributed by atoms with Gasteiger partial charge in [0.15, 0.2) is 7.91 Å². The molecule has 2 aliphatic rings. The molecule has 0 amide bonds. The SMILES string of the molecule is COc1ccc(N2C(=S)S[C@H](c3ccc(Cl)cc3)c3sc(=S)n(-c4ccc(CCc5ccc(-n6c7c(sc6=S)[C@@H](c6ccc(Cl)cc6)SC(=S)N7c6ccc(OC)cc6)cc5)cc4)c32)cc1. The molecule has 10 rings (SSSR count). The second-order valence-corrected chi connectivity index (χ2v) is 23.0. The Hall–Kier alpha value is -4.32. The fraction of sp³-hybridized carbons (Fsp3) is 0.120. The van der Waals surface area contributed by atoms with Gasteiger partial charge < -0.3 is 9.47 Å². The lowest BCUT2D eigenvalue weighted by Crippen LogP contribution is -2.29. The number of thiocarbonyl (C=S) groups is 2. The summed E-state index contributed by atoms with van der Waals surface area (Å²) in [5.74, 6) is 3.45. The smallest absolute Gasteiger partial charge is 0.167 e. The van der Waals surface area contributed by atoms with Crippen LogP contribution in [0, 0.1) is 7.91 Å². The minimum atomic E-state index is -0.0331. The third-order valence-electron chi connectivity index (χ3n) is 11.4. The molecule has 4 heterocycles. The highest BCUT2D eigenvalue weighted by atomic mass is 35.5. The third-order valence-corrected chi connectivity index (χ3v) is 18.3. The molecule has 2 aliphatic heterocycles. The molecule has 6 aromatic carbocycles. The maximum atomic E-state index is 6.31. The molecule has 0 unspecified atom stereocenters. The van der Waals surface area contributed by atoms with Gasteiger partial charge in [-0.2, -0.15) is 0 Å². The molecule has 66 heavy (non-hydrogen) atoms. The van der Waals surface area contributed by atoms with Gasteiger partial charge in [-0.1, -0.05) is 120 Å². The number of halogens is 2. The van der Waals surface area contributed by atoms with E-state index in [1.165, 1.54) is 11.1 Å². The summed E-state index contributed by atoms with van der Waals surface area (Å²) in [4.78, 5) is 6.52. The summed E-state index contributed by atoms with van der Waals surface area (Å²) in [5.41, 5.74) is 8.51. The van der Waals surface area contributed by atoms with Crippen molar-refractivity contribution in [3.8, 4) is 22.9 Å². The first-order valence-electron chi connectivity index (χ1n) is 20.6. The van der Waals surface area contributed by atoms with Crippen molar-refractivity contribution < 1.29 is 9.47 Å². The molecule has 0 spiro atoms. The van der Waals surface area contributed by atoms with Crippen molar-refractivity contribution in [1.29, 1.82) is 0 Å². The number of methoxy groups -OCH3 is 2. The molecule has 0 aliphatic carbocycles. The van der Waals surface area contributed by atoms with Crippen LogP contribution in [0.2, 0.25) is 10.0 Å². The van der Waals surface area contributed by atoms with Gasteiger partial charge in [-0.05, 0) is 157 Å². The van der Waals surface area contributed by atoms with Crippen LogP contribution in [0.1, 0.15) is 42.5 Å². The number of aryl methyl sites for hydroxylation is 2. The number of aromatic nitrogens is 2. The van der Waals surface area contributed by atoms with E-state index in [1.807, 2.05) is 72.8 Å². The summed E-state index contributed by atoms with van der Waals surface area (Å²) in [6.07, 6.45) is 1.72. The number of thiazole rings is 2.